The highest BCUT2D eigenvalue weighted by Gasteiger charge is 2.56. The lowest BCUT2D eigenvalue weighted by Crippen LogP contribution is -2.48. The van der Waals surface area contributed by atoms with Gasteiger partial charge in [0.15, 0.2) is 0 Å². The lowest BCUT2D eigenvalue weighted by Gasteiger charge is -2.56. The van der Waals surface area contributed by atoms with Gasteiger partial charge in [-0.3, -0.25) is 0 Å². The molecule has 2 aromatic rings. The number of fused-ring (bicyclic) bond motifs is 6. The van der Waals surface area contributed by atoms with Crippen LogP contribution in [0, 0.1) is 28.6 Å². The van der Waals surface area contributed by atoms with Gasteiger partial charge >= 0.3 is 0 Å². The largest absolute Gasteiger partial charge is 0.302 e. The molecule has 1 aromatic heterocycles. The van der Waals surface area contributed by atoms with E-state index in [0.29, 0.717) is 5.41 Å². The summed E-state index contributed by atoms with van der Waals surface area (Å²) in [4.78, 5) is 4.68. The first-order chi connectivity index (χ1) is 13.6. The van der Waals surface area contributed by atoms with Gasteiger partial charge in [-0.2, -0.15) is 0 Å². The van der Waals surface area contributed by atoms with Crippen molar-refractivity contribution < 1.29 is 0 Å². The van der Waals surface area contributed by atoms with Gasteiger partial charge in [0.1, 0.15) is 6.33 Å². The van der Waals surface area contributed by atoms with Crippen LogP contribution in [0.3, 0.4) is 0 Å². The molecule has 28 heavy (non-hydrogen) atoms. The molecule has 0 N–H and O–H groups in total. The van der Waals surface area contributed by atoms with Crippen molar-refractivity contribution in [2.75, 3.05) is 0 Å². The summed E-state index contributed by atoms with van der Waals surface area (Å²) in [6.07, 6.45) is 19.8. The van der Waals surface area contributed by atoms with Crippen molar-refractivity contribution in [1.82, 2.24) is 9.55 Å². The number of aromatic nitrogens is 2. The molecule has 0 bridgehead atoms. The highest BCUT2D eigenvalue weighted by molar-refractivity contribution is 5.80. The third-order valence-electron chi connectivity index (χ3n) is 8.91. The van der Waals surface area contributed by atoms with E-state index in [4.69, 9.17) is 0 Å². The maximum absolute atomic E-state index is 4.68. The summed E-state index contributed by atoms with van der Waals surface area (Å²) >= 11 is 0. The quantitative estimate of drug-likeness (QED) is 0.552. The van der Waals surface area contributed by atoms with Crippen molar-refractivity contribution in [2.24, 2.45) is 28.6 Å². The maximum atomic E-state index is 4.68. The van der Waals surface area contributed by atoms with Crippen molar-refractivity contribution in [1.29, 1.82) is 0 Å². The second-order valence-electron chi connectivity index (χ2n) is 10.0. The van der Waals surface area contributed by atoms with Crippen LogP contribution in [0.4, 0.5) is 0 Å². The zero-order valence-corrected chi connectivity index (χ0v) is 17.1. The molecular weight excluding hydrogens is 340 g/mol. The van der Waals surface area contributed by atoms with Crippen molar-refractivity contribution in [3.63, 3.8) is 0 Å². The molecule has 1 heterocycles. The minimum Gasteiger partial charge on any atom is -0.302 e. The fraction of sp³-hybridized carbons (Fsp3) is 0.500. The minimum atomic E-state index is 0.275. The van der Waals surface area contributed by atoms with Gasteiger partial charge in [-0.15, -0.1) is 0 Å². The van der Waals surface area contributed by atoms with Crippen LogP contribution < -0.4 is 0 Å². The lowest BCUT2D eigenvalue weighted by molar-refractivity contribution is -0.00318. The van der Waals surface area contributed by atoms with Crippen LogP contribution in [0.2, 0.25) is 0 Å². The van der Waals surface area contributed by atoms with Crippen molar-refractivity contribution in [2.45, 2.75) is 52.4 Å². The molecular formula is C26H30N2. The molecule has 5 atom stereocenters. The summed E-state index contributed by atoms with van der Waals surface area (Å²) < 4.78 is 2.39. The van der Waals surface area contributed by atoms with Gasteiger partial charge in [-0.05, 0) is 79.4 Å². The minimum absolute atomic E-state index is 0.275. The summed E-state index contributed by atoms with van der Waals surface area (Å²) in [6, 6.07) is 8.57. The number of hydrogen-bond donors (Lipinski definition) is 0. The van der Waals surface area contributed by atoms with Gasteiger partial charge in [-0.25, -0.2) is 4.98 Å². The number of benzene rings is 1. The summed E-state index contributed by atoms with van der Waals surface area (Å²) in [7, 11) is 0. The van der Waals surface area contributed by atoms with Crippen LogP contribution in [-0.4, -0.2) is 9.55 Å². The van der Waals surface area contributed by atoms with Crippen LogP contribution in [0.1, 0.15) is 52.4 Å². The van der Waals surface area contributed by atoms with Gasteiger partial charge in [0.05, 0.1) is 11.0 Å². The molecule has 2 heteroatoms. The summed E-state index contributed by atoms with van der Waals surface area (Å²) in [5.41, 5.74) is 6.19. The number of allylic oxidation sites excluding steroid dienone is 6. The van der Waals surface area contributed by atoms with E-state index in [-0.39, 0.29) is 5.41 Å². The third-order valence-corrected chi connectivity index (χ3v) is 8.91. The Morgan fingerprint density at radius 2 is 1.89 bits per heavy atom. The molecule has 6 rings (SSSR count). The van der Waals surface area contributed by atoms with Crippen LogP contribution in [0.5, 0.6) is 0 Å². The Bertz CT molecular complexity index is 1040. The Hall–Kier alpha value is -2.09. The van der Waals surface area contributed by atoms with E-state index in [9.17, 15) is 0 Å². The van der Waals surface area contributed by atoms with Gasteiger partial charge < -0.3 is 4.57 Å². The summed E-state index contributed by atoms with van der Waals surface area (Å²) in [6.45, 7) is 5.11. The average molecular weight is 371 g/mol. The SMILES string of the molecule is C[C@]12CCC=CC1=CC[C@@H]1[C@@H]2CC[C@]2(C)C(n3cnc4ccccc43)=CC[C@@H]12. The normalized spacial score (nSPS) is 39.1. The molecule has 144 valence electrons. The first kappa shape index (κ1) is 16.8. The Morgan fingerprint density at radius 1 is 1.00 bits per heavy atom. The average Bonchev–Trinajstić information content (AvgIpc) is 3.28. The van der Waals surface area contributed by atoms with Crippen LogP contribution in [0.25, 0.3) is 16.7 Å². The molecule has 1 aromatic carbocycles. The molecule has 0 amide bonds. The fourth-order valence-corrected chi connectivity index (χ4v) is 7.37. The molecule has 2 nitrogen and oxygen atoms in total. The Balaban J connectivity index is 1.39. The highest BCUT2D eigenvalue weighted by Crippen LogP contribution is 2.65. The summed E-state index contributed by atoms with van der Waals surface area (Å²) in [5, 5.41) is 0. The molecule has 0 aliphatic heterocycles. The number of rotatable bonds is 1. The predicted molar refractivity (Wildman–Crippen MR) is 116 cm³/mol. The van der Waals surface area contributed by atoms with E-state index in [0.717, 1.165) is 23.3 Å². The van der Waals surface area contributed by atoms with E-state index in [2.05, 4.69) is 78.3 Å². The third kappa shape index (κ3) is 2.07. The number of imidazole rings is 1. The second-order valence-corrected chi connectivity index (χ2v) is 10.0. The van der Waals surface area contributed by atoms with Crippen LogP contribution >= 0.6 is 0 Å². The monoisotopic (exact) mass is 370 g/mol. The molecule has 0 unspecified atom stereocenters. The Kier molecular flexibility index (Phi) is 3.44. The molecule has 0 saturated heterocycles. The van der Waals surface area contributed by atoms with E-state index < -0.39 is 0 Å². The van der Waals surface area contributed by atoms with Crippen LogP contribution in [-0.2, 0) is 0 Å². The van der Waals surface area contributed by atoms with E-state index in [1.807, 2.05) is 0 Å². The van der Waals surface area contributed by atoms with Gasteiger partial charge in [-0.1, -0.05) is 50.3 Å². The van der Waals surface area contributed by atoms with Crippen molar-refractivity contribution in [3.8, 4) is 0 Å². The maximum Gasteiger partial charge on any atom is 0.100 e. The molecule has 0 spiro atoms. The predicted octanol–water partition coefficient (Wildman–Crippen LogP) is 6.62. The highest BCUT2D eigenvalue weighted by atomic mass is 15.1. The molecule has 4 aliphatic rings. The smallest absolute Gasteiger partial charge is 0.100 e. The first-order valence-corrected chi connectivity index (χ1v) is 11.1. The molecule has 4 aliphatic carbocycles. The van der Waals surface area contributed by atoms with Gasteiger partial charge in [0.25, 0.3) is 0 Å². The van der Waals surface area contributed by atoms with Gasteiger partial charge in [0, 0.05) is 11.1 Å². The topological polar surface area (TPSA) is 17.8 Å². The molecule has 1 fully saturated rings. The molecule has 0 radical (unpaired) electrons. The van der Waals surface area contributed by atoms with E-state index in [1.165, 1.54) is 49.7 Å². The fourth-order valence-electron chi connectivity index (χ4n) is 7.37. The zero-order valence-electron chi connectivity index (χ0n) is 17.1. The Morgan fingerprint density at radius 3 is 2.82 bits per heavy atom. The number of para-hydroxylation sites is 2. The van der Waals surface area contributed by atoms with Crippen LogP contribution in [0.15, 0.2) is 60.5 Å². The molecule has 1 saturated carbocycles. The number of hydrogen-bond acceptors (Lipinski definition) is 1. The standard InChI is InChI=1S/C26H30N2/c1-25-15-6-5-7-18(25)10-11-19-20-12-13-24(26(20,2)16-14-21(19)25)28-17-27-22-8-3-4-9-23(22)28/h3-5,7-10,13,17,19-21H,6,11-12,14-16H2,1-2H3/t19-,20-,21-,25-,26-/m0/s1. The number of nitrogens with zero attached hydrogens (tertiary/aromatic N) is 2. The van der Waals surface area contributed by atoms with E-state index >= 15 is 0 Å². The Labute approximate surface area is 168 Å². The lowest BCUT2D eigenvalue weighted by atomic mass is 9.48. The van der Waals surface area contributed by atoms with Gasteiger partial charge in [0.2, 0.25) is 0 Å². The first-order valence-electron chi connectivity index (χ1n) is 11.1. The van der Waals surface area contributed by atoms with Crippen molar-refractivity contribution in [3.05, 3.63) is 60.5 Å². The van der Waals surface area contributed by atoms with Crippen molar-refractivity contribution >= 4 is 16.7 Å². The second kappa shape index (κ2) is 5.72. The summed E-state index contributed by atoms with van der Waals surface area (Å²) in [5.74, 6) is 2.44. The zero-order chi connectivity index (χ0) is 18.9. The van der Waals surface area contributed by atoms with E-state index in [1.54, 1.807) is 5.57 Å².